The lowest BCUT2D eigenvalue weighted by Gasteiger charge is -2.13. The fourth-order valence-electron chi connectivity index (χ4n) is 3.24. The Morgan fingerprint density at radius 1 is 1.00 bits per heavy atom. The van der Waals surface area contributed by atoms with Crippen LogP contribution in [-0.2, 0) is 14.4 Å². The Bertz CT molecular complexity index is 1070. The molecule has 0 atom stereocenters. The topological polar surface area (TPSA) is 97.0 Å². The molecular formula is C23H23N3O5. The van der Waals surface area contributed by atoms with Gasteiger partial charge < -0.3 is 20.1 Å². The Kier molecular flexibility index (Phi) is 6.40. The summed E-state index contributed by atoms with van der Waals surface area (Å²) in [6, 6.07) is 11.8. The van der Waals surface area contributed by atoms with Crippen molar-refractivity contribution in [1.29, 1.82) is 0 Å². The van der Waals surface area contributed by atoms with Gasteiger partial charge >= 0.3 is 0 Å². The number of ether oxygens (including phenoxy) is 2. The summed E-state index contributed by atoms with van der Waals surface area (Å²) in [4.78, 5) is 38.4. The maximum Gasteiger partial charge on any atom is 0.278 e. The highest BCUT2D eigenvalue weighted by Crippen LogP contribution is 2.34. The molecule has 1 aliphatic rings. The first-order chi connectivity index (χ1) is 14.9. The van der Waals surface area contributed by atoms with Gasteiger partial charge in [-0.15, -0.1) is 6.58 Å². The lowest BCUT2D eigenvalue weighted by atomic mass is 10.0. The van der Waals surface area contributed by atoms with Crippen LogP contribution >= 0.6 is 0 Å². The van der Waals surface area contributed by atoms with Crippen LogP contribution in [0.5, 0.6) is 11.5 Å². The van der Waals surface area contributed by atoms with Crippen molar-refractivity contribution in [2.75, 3.05) is 31.4 Å². The van der Waals surface area contributed by atoms with E-state index in [1.54, 1.807) is 42.5 Å². The average Bonchev–Trinajstić information content (AvgIpc) is 2.98. The SMILES string of the molecule is C=CCN1C(=O)C(Nc2ccc(OC)c(OC)c2)=C(c2ccc(NC(C)=O)cc2)C1=O. The first-order valence-electron chi connectivity index (χ1n) is 9.48. The molecule has 0 aliphatic carbocycles. The largest absolute Gasteiger partial charge is 0.493 e. The smallest absolute Gasteiger partial charge is 0.278 e. The Balaban J connectivity index is 2.04. The number of anilines is 2. The van der Waals surface area contributed by atoms with Gasteiger partial charge in [-0.25, -0.2) is 0 Å². The number of nitrogens with one attached hydrogen (secondary N) is 2. The highest BCUT2D eigenvalue weighted by atomic mass is 16.5. The molecule has 1 aliphatic heterocycles. The Hall–Kier alpha value is -4.07. The lowest BCUT2D eigenvalue weighted by Crippen LogP contribution is -2.32. The molecule has 0 fully saturated rings. The van der Waals surface area contributed by atoms with Crippen molar-refractivity contribution in [3.63, 3.8) is 0 Å². The molecule has 160 valence electrons. The van der Waals surface area contributed by atoms with Gasteiger partial charge in [0.25, 0.3) is 11.8 Å². The number of hydrogen-bond donors (Lipinski definition) is 2. The van der Waals surface area contributed by atoms with Crippen molar-refractivity contribution in [2.24, 2.45) is 0 Å². The maximum absolute atomic E-state index is 13.0. The molecule has 0 bridgehead atoms. The second kappa shape index (κ2) is 9.17. The standard InChI is InChI=1S/C23H23N3O5/c1-5-12-26-22(28)20(15-6-8-16(9-7-15)24-14(2)27)21(23(26)29)25-17-10-11-18(30-3)19(13-17)31-4/h5-11,13,25H,1,12H2,2-4H3,(H,24,27). The van der Waals surface area contributed by atoms with Gasteiger partial charge in [-0.2, -0.15) is 0 Å². The van der Waals surface area contributed by atoms with Crippen molar-refractivity contribution in [3.8, 4) is 11.5 Å². The Labute approximate surface area is 180 Å². The van der Waals surface area contributed by atoms with Gasteiger partial charge in [0, 0.05) is 30.9 Å². The molecule has 2 aromatic rings. The predicted molar refractivity (Wildman–Crippen MR) is 118 cm³/mol. The highest BCUT2D eigenvalue weighted by molar-refractivity contribution is 6.36. The summed E-state index contributed by atoms with van der Waals surface area (Å²) in [6.45, 7) is 5.12. The van der Waals surface area contributed by atoms with Crippen molar-refractivity contribution in [1.82, 2.24) is 4.90 Å². The number of amides is 3. The number of carbonyl (C=O) groups is 3. The van der Waals surface area contributed by atoms with Gasteiger partial charge in [0.15, 0.2) is 11.5 Å². The number of hydrogen-bond acceptors (Lipinski definition) is 6. The summed E-state index contributed by atoms with van der Waals surface area (Å²) >= 11 is 0. The summed E-state index contributed by atoms with van der Waals surface area (Å²) in [5, 5.41) is 5.73. The third kappa shape index (κ3) is 4.42. The van der Waals surface area contributed by atoms with Crippen molar-refractivity contribution < 1.29 is 23.9 Å². The fourth-order valence-corrected chi connectivity index (χ4v) is 3.24. The Morgan fingerprint density at radius 2 is 1.65 bits per heavy atom. The quantitative estimate of drug-likeness (QED) is 0.502. The molecule has 8 heteroatoms. The number of rotatable bonds is 8. The minimum absolute atomic E-state index is 0.0856. The molecule has 2 aromatic carbocycles. The Morgan fingerprint density at radius 3 is 2.23 bits per heavy atom. The minimum atomic E-state index is -0.458. The van der Waals surface area contributed by atoms with Crippen LogP contribution in [-0.4, -0.2) is 43.4 Å². The van der Waals surface area contributed by atoms with Crippen LogP contribution in [0.4, 0.5) is 11.4 Å². The van der Waals surface area contributed by atoms with Gasteiger partial charge in [-0.1, -0.05) is 18.2 Å². The van der Waals surface area contributed by atoms with Crippen LogP contribution in [0.15, 0.2) is 60.8 Å². The first kappa shape index (κ1) is 21.6. The van der Waals surface area contributed by atoms with Crippen LogP contribution in [0.1, 0.15) is 12.5 Å². The molecule has 31 heavy (non-hydrogen) atoms. The molecule has 8 nitrogen and oxygen atoms in total. The zero-order valence-electron chi connectivity index (χ0n) is 17.5. The second-order valence-corrected chi connectivity index (χ2v) is 6.71. The van der Waals surface area contributed by atoms with E-state index in [1.165, 1.54) is 27.2 Å². The fraction of sp³-hybridized carbons (Fsp3) is 0.174. The van der Waals surface area contributed by atoms with E-state index in [4.69, 9.17) is 9.47 Å². The molecule has 0 spiro atoms. The normalized spacial score (nSPS) is 13.3. The molecule has 3 rings (SSSR count). The first-order valence-corrected chi connectivity index (χ1v) is 9.48. The number of benzene rings is 2. The molecule has 2 N–H and O–H groups in total. The molecule has 0 unspecified atom stereocenters. The van der Waals surface area contributed by atoms with Crippen LogP contribution < -0.4 is 20.1 Å². The predicted octanol–water partition coefficient (Wildman–Crippen LogP) is 3.04. The third-order valence-corrected chi connectivity index (χ3v) is 4.63. The number of nitrogens with zero attached hydrogens (tertiary/aromatic N) is 1. The maximum atomic E-state index is 13.0. The zero-order valence-corrected chi connectivity index (χ0v) is 17.5. The summed E-state index contributed by atoms with van der Waals surface area (Å²) in [5.41, 5.74) is 2.07. The molecule has 1 heterocycles. The summed E-state index contributed by atoms with van der Waals surface area (Å²) < 4.78 is 10.6. The molecule has 0 aromatic heterocycles. The summed E-state index contributed by atoms with van der Waals surface area (Å²) in [6.07, 6.45) is 1.49. The van der Waals surface area contributed by atoms with E-state index in [1.807, 2.05) is 0 Å². The third-order valence-electron chi connectivity index (χ3n) is 4.63. The highest BCUT2D eigenvalue weighted by Gasteiger charge is 2.38. The lowest BCUT2D eigenvalue weighted by molar-refractivity contribution is -0.136. The molecule has 0 saturated heterocycles. The van der Waals surface area contributed by atoms with E-state index in [0.29, 0.717) is 28.4 Å². The van der Waals surface area contributed by atoms with E-state index in [9.17, 15) is 14.4 Å². The molecule has 0 saturated carbocycles. The van der Waals surface area contributed by atoms with E-state index in [0.717, 1.165) is 4.90 Å². The van der Waals surface area contributed by atoms with Crippen molar-refractivity contribution >= 4 is 34.7 Å². The van der Waals surface area contributed by atoms with E-state index >= 15 is 0 Å². The van der Waals surface area contributed by atoms with E-state index in [2.05, 4.69) is 17.2 Å². The summed E-state index contributed by atoms with van der Waals surface area (Å²) in [7, 11) is 3.04. The van der Waals surface area contributed by atoms with E-state index < -0.39 is 11.8 Å². The number of carbonyl (C=O) groups excluding carboxylic acids is 3. The van der Waals surface area contributed by atoms with Crippen LogP contribution in [0.3, 0.4) is 0 Å². The summed E-state index contributed by atoms with van der Waals surface area (Å²) in [5.74, 6) is -0.0696. The number of methoxy groups -OCH3 is 2. The van der Waals surface area contributed by atoms with E-state index in [-0.39, 0.29) is 23.7 Å². The van der Waals surface area contributed by atoms with Crippen LogP contribution in [0.25, 0.3) is 5.57 Å². The average molecular weight is 421 g/mol. The monoisotopic (exact) mass is 421 g/mol. The van der Waals surface area contributed by atoms with Crippen molar-refractivity contribution in [3.05, 3.63) is 66.4 Å². The zero-order chi connectivity index (χ0) is 22.5. The number of imide groups is 1. The molecular weight excluding hydrogens is 398 g/mol. The van der Waals surface area contributed by atoms with Gasteiger partial charge in [-0.05, 0) is 29.8 Å². The van der Waals surface area contributed by atoms with Crippen LogP contribution in [0, 0.1) is 0 Å². The molecule has 3 amide bonds. The van der Waals surface area contributed by atoms with Gasteiger partial charge in [0.2, 0.25) is 5.91 Å². The van der Waals surface area contributed by atoms with Gasteiger partial charge in [0.1, 0.15) is 5.70 Å². The molecule has 0 radical (unpaired) electrons. The minimum Gasteiger partial charge on any atom is -0.493 e. The second-order valence-electron chi connectivity index (χ2n) is 6.71. The van der Waals surface area contributed by atoms with Gasteiger partial charge in [-0.3, -0.25) is 19.3 Å². The van der Waals surface area contributed by atoms with Crippen molar-refractivity contribution in [2.45, 2.75) is 6.92 Å². The van der Waals surface area contributed by atoms with Crippen LogP contribution in [0.2, 0.25) is 0 Å². The van der Waals surface area contributed by atoms with Gasteiger partial charge in [0.05, 0.1) is 19.8 Å².